The number of hydrogen-bond donors (Lipinski definition) is 2. The van der Waals surface area contributed by atoms with Crippen LogP contribution < -0.4 is 0 Å². The maximum Gasteiger partial charge on any atom is 0.0646 e. The molecule has 2 fully saturated rings. The quantitative estimate of drug-likeness (QED) is 0.729. The Morgan fingerprint density at radius 1 is 1.07 bits per heavy atom. The molecular weight excluding hydrogens is 176 g/mol. The highest BCUT2D eigenvalue weighted by atomic mass is 16.3. The molecule has 0 spiro atoms. The van der Waals surface area contributed by atoms with Crippen LogP contribution in [-0.4, -0.2) is 22.9 Å². The van der Waals surface area contributed by atoms with Crippen molar-refractivity contribution in [2.75, 3.05) is 6.61 Å². The summed E-state index contributed by atoms with van der Waals surface area (Å²) in [6.45, 7) is 0.185. The molecule has 14 heavy (non-hydrogen) atoms. The lowest BCUT2D eigenvalue weighted by molar-refractivity contribution is -0.0465. The second-order valence-electron chi connectivity index (χ2n) is 5.22. The lowest BCUT2D eigenvalue weighted by Crippen LogP contribution is -2.40. The second kappa shape index (κ2) is 4.19. The minimum atomic E-state index is -0.238. The first kappa shape index (κ1) is 10.4. The van der Waals surface area contributed by atoms with Crippen LogP contribution in [0.3, 0.4) is 0 Å². The summed E-state index contributed by atoms with van der Waals surface area (Å²) in [7, 11) is 0. The Hall–Kier alpha value is -0.0800. The topological polar surface area (TPSA) is 40.5 Å². The van der Waals surface area contributed by atoms with E-state index in [2.05, 4.69) is 0 Å². The average molecular weight is 198 g/mol. The molecule has 0 aliphatic heterocycles. The van der Waals surface area contributed by atoms with Gasteiger partial charge in [-0.25, -0.2) is 0 Å². The van der Waals surface area contributed by atoms with E-state index in [1.165, 1.54) is 38.5 Å². The van der Waals surface area contributed by atoms with Crippen molar-refractivity contribution >= 4 is 0 Å². The normalized spacial score (nSPS) is 29.6. The molecule has 2 rings (SSSR count). The van der Waals surface area contributed by atoms with Crippen LogP contribution in [-0.2, 0) is 0 Å². The molecule has 2 heteroatoms. The zero-order valence-corrected chi connectivity index (χ0v) is 8.91. The van der Waals surface area contributed by atoms with Gasteiger partial charge in [0.25, 0.3) is 0 Å². The Balaban J connectivity index is 2.02. The van der Waals surface area contributed by atoms with Crippen molar-refractivity contribution < 1.29 is 10.2 Å². The minimum absolute atomic E-state index is 0.130. The van der Waals surface area contributed by atoms with Crippen LogP contribution in [0.4, 0.5) is 0 Å². The van der Waals surface area contributed by atoms with Gasteiger partial charge in [0.1, 0.15) is 0 Å². The van der Waals surface area contributed by atoms with Crippen LogP contribution in [0, 0.1) is 11.3 Å². The number of aliphatic hydroxyl groups is 2. The maximum absolute atomic E-state index is 10.3. The standard InChI is InChI=1S/C12H22O2/c13-9-12(7-3-4-8-12)11(14)10-5-1-2-6-10/h10-11,13-14H,1-9H2/t11-/m1/s1. The molecule has 2 nitrogen and oxygen atoms in total. The summed E-state index contributed by atoms with van der Waals surface area (Å²) in [5.74, 6) is 0.472. The molecule has 0 aromatic rings. The van der Waals surface area contributed by atoms with Gasteiger partial charge in [-0.05, 0) is 31.6 Å². The van der Waals surface area contributed by atoms with Crippen LogP contribution in [0.15, 0.2) is 0 Å². The molecule has 0 aromatic carbocycles. The van der Waals surface area contributed by atoms with Gasteiger partial charge in [0, 0.05) is 5.41 Å². The van der Waals surface area contributed by atoms with Gasteiger partial charge in [0.05, 0.1) is 12.7 Å². The first-order valence-corrected chi connectivity index (χ1v) is 6.07. The molecule has 0 unspecified atom stereocenters. The molecule has 82 valence electrons. The van der Waals surface area contributed by atoms with E-state index in [9.17, 15) is 10.2 Å². The zero-order chi connectivity index (χ0) is 10.0. The van der Waals surface area contributed by atoms with Gasteiger partial charge in [-0.3, -0.25) is 0 Å². The smallest absolute Gasteiger partial charge is 0.0646 e. The highest BCUT2D eigenvalue weighted by Crippen LogP contribution is 2.46. The highest BCUT2D eigenvalue weighted by molar-refractivity contribution is 4.94. The summed E-state index contributed by atoms with van der Waals surface area (Å²) in [5.41, 5.74) is -0.130. The first-order chi connectivity index (χ1) is 6.78. The van der Waals surface area contributed by atoms with E-state index in [0.717, 1.165) is 12.8 Å². The molecule has 2 N–H and O–H groups in total. The van der Waals surface area contributed by atoms with E-state index in [1.807, 2.05) is 0 Å². The molecule has 2 aliphatic rings. The SMILES string of the molecule is OCC1([C@H](O)C2CCCC2)CCCC1. The Kier molecular flexibility index (Phi) is 3.13. The van der Waals surface area contributed by atoms with Crippen molar-refractivity contribution in [3.63, 3.8) is 0 Å². The predicted molar refractivity (Wildman–Crippen MR) is 56.0 cm³/mol. The summed E-state index contributed by atoms with van der Waals surface area (Å²) in [4.78, 5) is 0. The van der Waals surface area contributed by atoms with Gasteiger partial charge >= 0.3 is 0 Å². The van der Waals surface area contributed by atoms with Crippen molar-refractivity contribution in [2.24, 2.45) is 11.3 Å². The van der Waals surface area contributed by atoms with Gasteiger partial charge in [0.15, 0.2) is 0 Å². The van der Waals surface area contributed by atoms with Crippen LogP contribution in [0.2, 0.25) is 0 Å². The third-order valence-corrected chi connectivity index (χ3v) is 4.39. The van der Waals surface area contributed by atoms with E-state index in [-0.39, 0.29) is 18.1 Å². The summed E-state index contributed by atoms with van der Waals surface area (Å²) >= 11 is 0. The van der Waals surface area contributed by atoms with Crippen LogP contribution in [0.25, 0.3) is 0 Å². The molecular formula is C12H22O2. The minimum Gasteiger partial charge on any atom is -0.396 e. The Bertz CT molecular complexity index is 179. The Labute approximate surface area is 86.3 Å². The summed E-state index contributed by atoms with van der Waals surface area (Å²) in [6, 6.07) is 0. The Morgan fingerprint density at radius 2 is 1.64 bits per heavy atom. The van der Waals surface area contributed by atoms with Gasteiger partial charge < -0.3 is 10.2 Å². The van der Waals surface area contributed by atoms with Crippen molar-refractivity contribution in [3.05, 3.63) is 0 Å². The third kappa shape index (κ3) is 1.70. The van der Waals surface area contributed by atoms with E-state index in [0.29, 0.717) is 5.92 Å². The maximum atomic E-state index is 10.3. The van der Waals surface area contributed by atoms with Crippen LogP contribution in [0.1, 0.15) is 51.4 Å². The number of hydrogen-bond acceptors (Lipinski definition) is 2. The van der Waals surface area contributed by atoms with Gasteiger partial charge in [-0.2, -0.15) is 0 Å². The fourth-order valence-electron chi connectivity index (χ4n) is 3.40. The average Bonchev–Trinajstić information content (AvgIpc) is 2.89. The van der Waals surface area contributed by atoms with Crippen LogP contribution >= 0.6 is 0 Å². The highest BCUT2D eigenvalue weighted by Gasteiger charge is 2.43. The van der Waals surface area contributed by atoms with Crippen molar-refractivity contribution in [1.82, 2.24) is 0 Å². The zero-order valence-electron chi connectivity index (χ0n) is 8.91. The lowest BCUT2D eigenvalue weighted by Gasteiger charge is -2.36. The fourth-order valence-corrected chi connectivity index (χ4v) is 3.40. The van der Waals surface area contributed by atoms with E-state index >= 15 is 0 Å². The number of rotatable bonds is 3. The Morgan fingerprint density at radius 3 is 2.14 bits per heavy atom. The van der Waals surface area contributed by atoms with E-state index in [4.69, 9.17) is 0 Å². The van der Waals surface area contributed by atoms with Crippen molar-refractivity contribution in [3.8, 4) is 0 Å². The number of aliphatic hydroxyl groups excluding tert-OH is 2. The predicted octanol–water partition coefficient (Wildman–Crippen LogP) is 2.09. The van der Waals surface area contributed by atoms with Crippen molar-refractivity contribution in [1.29, 1.82) is 0 Å². The summed E-state index contributed by atoms with van der Waals surface area (Å²) < 4.78 is 0. The van der Waals surface area contributed by atoms with Crippen molar-refractivity contribution in [2.45, 2.75) is 57.5 Å². The van der Waals surface area contributed by atoms with E-state index in [1.54, 1.807) is 0 Å². The van der Waals surface area contributed by atoms with Gasteiger partial charge in [0.2, 0.25) is 0 Å². The third-order valence-electron chi connectivity index (χ3n) is 4.39. The molecule has 0 aromatic heterocycles. The monoisotopic (exact) mass is 198 g/mol. The molecule has 0 heterocycles. The summed E-state index contributed by atoms with van der Waals surface area (Å²) in [6.07, 6.45) is 9.06. The van der Waals surface area contributed by atoms with Gasteiger partial charge in [-0.1, -0.05) is 25.7 Å². The molecule has 2 saturated carbocycles. The van der Waals surface area contributed by atoms with Crippen LogP contribution in [0.5, 0.6) is 0 Å². The largest absolute Gasteiger partial charge is 0.396 e. The van der Waals surface area contributed by atoms with E-state index < -0.39 is 0 Å². The molecule has 0 bridgehead atoms. The summed E-state index contributed by atoms with van der Waals surface area (Å²) in [5, 5.41) is 19.8. The molecule has 1 atom stereocenters. The lowest BCUT2D eigenvalue weighted by atomic mass is 9.75. The molecule has 0 amide bonds. The van der Waals surface area contributed by atoms with Gasteiger partial charge in [-0.15, -0.1) is 0 Å². The molecule has 2 aliphatic carbocycles. The molecule has 0 radical (unpaired) electrons. The fraction of sp³-hybridized carbons (Fsp3) is 1.00. The molecule has 0 saturated heterocycles. The second-order valence-corrected chi connectivity index (χ2v) is 5.22. The first-order valence-electron chi connectivity index (χ1n) is 6.07.